The number of fused-ring (bicyclic) bond motifs is 1. The molecule has 2 heterocycles. The zero-order valence-corrected chi connectivity index (χ0v) is 15.0. The molecule has 0 bridgehead atoms. The van der Waals surface area contributed by atoms with Gasteiger partial charge in [-0.25, -0.2) is 4.68 Å². The van der Waals surface area contributed by atoms with Crippen LogP contribution in [-0.4, -0.2) is 27.6 Å². The Morgan fingerprint density at radius 1 is 1.28 bits per heavy atom. The summed E-state index contributed by atoms with van der Waals surface area (Å²) in [6.07, 6.45) is 0.922. The van der Waals surface area contributed by atoms with Gasteiger partial charge in [0.05, 0.1) is 12.2 Å². The first-order chi connectivity index (χ1) is 12.0. The Hall–Kier alpha value is -2.63. The van der Waals surface area contributed by atoms with Gasteiger partial charge >= 0.3 is 0 Å². The molecule has 25 heavy (non-hydrogen) atoms. The third-order valence-corrected chi connectivity index (χ3v) is 4.52. The minimum atomic E-state index is -0.520. The number of nitrogens with one attached hydrogen (secondary N) is 1. The molecule has 1 aromatic carbocycles. The van der Waals surface area contributed by atoms with Gasteiger partial charge in [-0.05, 0) is 25.8 Å². The monoisotopic (exact) mass is 340 g/mol. The summed E-state index contributed by atoms with van der Waals surface area (Å²) >= 11 is 0. The number of anilines is 1. The predicted molar refractivity (Wildman–Crippen MR) is 96.2 cm³/mol. The second-order valence-electron chi connectivity index (χ2n) is 6.51. The summed E-state index contributed by atoms with van der Waals surface area (Å²) in [7, 11) is 0. The Balaban J connectivity index is 1.75. The van der Waals surface area contributed by atoms with E-state index in [1.54, 1.807) is 4.90 Å². The molecule has 132 valence electrons. The normalized spacial score (nSPS) is 15.0. The van der Waals surface area contributed by atoms with E-state index >= 15 is 0 Å². The van der Waals surface area contributed by atoms with Crippen molar-refractivity contribution < 1.29 is 9.59 Å². The summed E-state index contributed by atoms with van der Waals surface area (Å²) in [6, 6.07) is 9.39. The second-order valence-corrected chi connectivity index (χ2v) is 6.51. The van der Waals surface area contributed by atoms with Crippen LogP contribution in [0.5, 0.6) is 0 Å². The van der Waals surface area contributed by atoms with Gasteiger partial charge in [0.25, 0.3) is 0 Å². The average Bonchev–Trinajstić information content (AvgIpc) is 2.97. The van der Waals surface area contributed by atoms with E-state index in [0.717, 1.165) is 11.3 Å². The number of aryl methyl sites for hydroxylation is 3. The van der Waals surface area contributed by atoms with Crippen molar-refractivity contribution in [3.63, 3.8) is 0 Å². The van der Waals surface area contributed by atoms with Gasteiger partial charge in [-0.3, -0.25) is 14.5 Å². The highest BCUT2D eigenvalue weighted by Gasteiger charge is 2.34. The summed E-state index contributed by atoms with van der Waals surface area (Å²) in [5, 5.41) is 7.37. The number of carbonyl (C=O) groups is 2. The molecule has 0 saturated heterocycles. The van der Waals surface area contributed by atoms with Crippen molar-refractivity contribution in [1.82, 2.24) is 15.1 Å². The number of benzene rings is 1. The highest BCUT2D eigenvalue weighted by atomic mass is 16.2. The largest absolute Gasteiger partial charge is 0.350 e. The highest BCUT2D eigenvalue weighted by Crippen LogP contribution is 2.26. The van der Waals surface area contributed by atoms with Crippen molar-refractivity contribution in [1.29, 1.82) is 0 Å². The van der Waals surface area contributed by atoms with Crippen LogP contribution in [0.15, 0.2) is 30.3 Å². The first-order valence-electron chi connectivity index (χ1n) is 8.69. The topological polar surface area (TPSA) is 67.2 Å². The fourth-order valence-corrected chi connectivity index (χ4v) is 3.17. The lowest BCUT2D eigenvalue weighted by molar-refractivity contribution is -0.127. The van der Waals surface area contributed by atoms with E-state index in [0.29, 0.717) is 31.7 Å². The third kappa shape index (κ3) is 3.57. The lowest BCUT2D eigenvalue weighted by atomic mass is 10.1. The van der Waals surface area contributed by atoms with E-state index < -0.39 is 6.04 Å². The minimum absolute atomic E-state index is 0.0234. The zero-order valence-electron chi connectivity index (χ0n) is 15.0. The molecule has 3 rings (SSSR count). The minimum Gasteiger partial charge on any atom is -0.350 e. The maximum Gasteiger partial charge on any atom is 0.243 e. The van der Waals surface area contributed by atoms with Crippen molar-refractivity contribution in [3.8, 4) is 0 Å². The third-order valence-electron chi connectivity index (χ3n) is 4.52. The maximum atomic E-state index is 12.7. The smallest absolute Gasteiger partial charge is 0.243 e. The first-order valence-corrected chi connectivity index (χ1v) is 8.69. The fraction of sp³-hybridized carbons (Fsp3) is 0.421. The van der Waals surface area contributed by atoms with Crippen molar-refractivity contribution >= 4 is 17.6 Å². The first kappa shape index (κ1) is 17.2. The van der Waals surface area contributed by atoms with Gasteiger partial charge in [0.2, 0.25) is 11.8 Å². The summed E-state index contributed by atoms with van der Waals surface area (Å²) in [5.74, 6) is 0.555. The molecule has 2 amide bonds. The summed E-state index contributed by atoms with van der Waals surface area (Å²) in [6.45, 7) is 6.87. The van der Waals surface area contributed by atoms with Crippen LogP contribution in [0.25, 0.3) is 0 Å². The maximum absolute atomic E-state index is 12.7. The van der Waals surface area contributed by atoms with E-state index in [1.807, 2.05) is 55.8 Å². The number of rotatable bonds is 5. The van der Waals surface area contributed by atoms with E-state index in [-0.39, 0.29) is 11.8 Å². The Labute approximate surface area is 147 Å². The molecule has 1 aliphatic rings. The van der Waals surface area contributed by atoms with Crippen LogP contribution in [0.3, 0.4) is 0 Å². The molecule has 1 N–H and O–H groups in total. The van der Waals surface area contributed by atoms with Gasteiger partial charge in [-0.2, -0.15) is 5.10 Å². The molecular weight excluding hydrogens is 316 g/mol. The van der Waals surface area contributed by atoms with Gasteiger partial charge in [-0.1, -0.05) is 36.8 Å². The van der Waals surface area contributed by atoms with E-state index in [9.17, 15) is 9.59 Å². The molecule has 1 aliphatic heterocycles. The lowest BCUT2D eigenvalue weighted by Gasteiger charge is -2.33. The van der Waals surface area contributed by atoms with Crippen molar-refractivity contribution in [3.05, 3.63) is 47.2 Å². The Kier molecular flexibility index (Phi) is 4.88. The number of hydrogen-bond acceptors (Lipinski definition) is 3. The molecule has 0 saturated carbocycles. The number of nitrogens with zero attached hydrogens (tertiary/aromatic N) is 3. The van der Waals surface area contributed by atoms with Crippen molar-refractivity contribution in [2.24, 2.45) is 0 Å². The quantitative estimate of drug-likeness (QED) is 0.908. The van der Waals surface area contributed by atoms with E-state index in [4.69, 9.17) is 0 Å². The summed E-state index contributed by atoms with van der Waals surface area (Å²) in [4.78, 5) is 26.8. The summed E-state index contributed by atoms with van der Waals surface area (Å²) < 4.78 is 1.81. The molecule has 6 nitrogen and oxygen atoms in total. The molecule has 0 aliphatic carbocycles. The van der Waals surface area contributed by atoms with Gasteiger partial charge in [0.15, 0.2) is 0 Å². The fourth-order valence-electron chi connectivity index (χ4n) is 3.17. The SMILES string of the molecule is CCC(C(=O)NCc1ccc(C)cc1)N1C(=O)CCn2nc(C)cc21. The zero-order chi connectivity index (χ0) is 18.0. The van der Waals surface area contributed by atoms with E-state index in [1.165, 1.54) is 5.56 Å². The molecule has 0 fully saturated rings. The van der Waals surface area contributed by atoms with Crippen LogP contribution < -0.4 is 10.2 Å². The van der Waals surface area contributed by atoms with Gasteiger partial charge in [-0.15, -0.1) is 0 Å². The second kappa shape index (κ2) is 7.09. The Morgan fingerprint density at radius 2 is 2.00 bits per heavy atom. The number of hydrogen-bond donors (Lipinski definition) is 1. The molecule has 1 atom stereocenters. The lowest BCUT2D eigenvalue weighted by Crippen LogP contribution is -2.52. The number of carbonyl (C=O) groups excluding carboxylic acids is 2. The molecule has 6 heteroatoms. The van der Waals surface area contributed by atoms with Gasteiger partial charge in [0.1, 0.15) is 11.9 Å². The van der Waals surface area contributed by atoms with Crippen LogP contribution in [-0.2, 0) is 22.7 Å². The van der Waals surface area contributed by atoms with Gasteiger partial charge in [0, 0.05) is 19.0 Å². The standard InChI is InChI=1S/C19H24N4O2/c1-4-16(19(25)20-12-15-7-5-13(2)6-8-15)23-17-11-14(3)21-22(17)10-9-18(23)24/h5-8,11,16H,4,9-10,12H2,1-3H3,(H,20,25). The van der Waals surface area contributed by atoms with Crippen molar-refractivity contribution in [2.75, 3.05) is 4.90 Å². The Bertz CT molecular complexity index is 779. The Morgan fingerprint density at radius 3 is 2.68 bits per heavy atom. The highest BCUT2D eigenvalue weighted by molar-refractivity contribution is 6.00. The molecule has 1 unspecified atom stereocenters. The molecular formula is C19H24N4O2. The van der Waals surface area contributed by atoms with Crippen LogP contribution in [0.2, 0.25) is 0 Å². The number of aromatic nitrogens is 2. The summed E-state index contributed by atoms with van der Waals surface area (Å²) in [5.41, 5.74) is 3.08. The van der Waals surface area contributed by atoms with Crippen LogP contribution in [0.1, 0.15) is 36.6 Å². The van der Waals surface area contributed by atoms with Crippen LogP contribution in [0.4, 0.5) is 5.82 Å². The predicted octanol–water partition coefficient (Wildman–Crippen LogP) is 2.33. The molecule has 0 radical (unpaired) electrons. The van der Waals surface area contributed by atoms with Crippen LogP contribution >= 0.6 is 0 Å². The van der Waals surface area contributed by atoms with Gasteiger partial charge < -0.3 is 5.32 Å². The van der Waals surface area contributed by atoms with E-state index in [2.05, 4.69) is 10.4 Å². The number of amides is 2. The average molecular weight is 340 g/mol. The van der Waals surface area contributed by atoms with Crippen molar-refractivity contribution in [2.45, 2.75) is 52.7 Å². The molecule has 1 aromatic heterocycles. The molecule has 0 spiro atoms. The molecule has 2 aromatic rings. The van der Waals surface area contributed by atoms with Crippen LogP contribution in [0, 0.1) is 13.8 Å².